The molecule has 1 saturated heterocycles. The molecular weight excluding hydrogens is 322 g/mol. The molecule has 0 bridgehead atoms. The van der Waals surface area contributed by atoms with Crippen LogP contribution >= 0.6 is 0 Å². The van der Waals surface area contributed by atoms with Crippen molar-refractivity contribution in [2.24, 2.45) is 5.92 Å². The first-order valence-corrected chi connectivity index (χ1v) is 8.35. The van der Waals surface area contributed by atoms with E-state index >= 15 is 0 Å². The zero-order valence-electron chi connectivity index (χ0n) is 13.9. The molecule has 130 valence electrons. The molecule has 25 heavy (non-hydrogen) atoms. The molecule has 0 radical (unpaired) electrons. The van der Waals surface area contributed by atoms with Crippen LogP contribution in [0.3, 0.4) is 0 Å². The van der Waals surface area contributed by atoms with E-state index in [1.165, 1.54) is 6.26 Å². The molecule has 0 aromatic carbocycles. The first-order valence-electron chi connectivity index (χ1n) is 8.35. The van der Waals surface area contributed by atoms with Gasteiger partial charge in [0.25, 0.3) is 5.91 Å². The summed E-state index contributed by atoms with van der Waals surface area (Å²) in [6.07, 6.45) is 4.03. The number of rotatable bonds is 3. The van der Waals surface area contributed by atoms with Gasteiger partial charge in [-0.1, -0.05) is 6.92 Å². The highest BCUT2D eigenvalue weighted by molar-refractivity contribution is 5.96. The summed E-state index contributed by atoms with van der Waals surface area (Å²) >= 11 is 0. The van der Waals surface area contributed by atoms with Crippen LogP contribution in [0.25, 0.3) is 0 Å². The molecule has 1 fully saturated rings. The van der Waals surface area contributed by atoms with Crippen LogP contribution in [0.15, 0.2) is 29.0 Å². The lowest BCUT2D eigenvalue weighted by Gasteiger charge is -2.19. The van der Waals surface area contributed by atoms with Gasteiger partial charge in [0.1, 0.15) is 23.4 Å². The Morgan fingerprint density at radius 2 is 2.20 bits per heavy atom. The summed E-state index contributed by atoms with van der Waals surface area (Å²) in [4.78, 5) is 32.2. The maximum absolute atomic E-state index is 12.8. The van der Waals surface area contributed by atoms with Crippen molar-refractivity contribution in [3.05, 3.63) is 47.0 Å². The second kappa shape index (κ2) is 5.91. The minimum atomic E-state index is -1.03. The normalized spacial score (nSPS) is 19.3. The Labute approximate surface area is 144 Å². The van der Waals surface area contributed by atoms with Crippen LogP contribution in [0.1, 0.15) is 45.4 Å². The third-order valence-corrected chi connectivity index (χ3v) is 4.92. The summed E-state index contributed by atoms with van der Waals surface area (Å²) in [6.45, 7) is 4.65. The molecule has 0 aliphatic carbocycles. The largest absolute Gasteiger partial charge is 0.478 e. The highest BCUT2D eigenvalue weighted by atomic mass is 16.4. The predicted octanol–water partition coefficient (Wildman–Crippen LogP) is 2.38. The van der Waals surface area contributed by atoms with Crippen LogP contribution in [0.5, 0.6) is 0 Å². The number of furan rings is 1. The first-order chi connectivity index (χ1) is 12.0. The standard InChI is InChI=1S/C18H19N3O4/c1-11-3-5-20(7-11)16-6-12(2-4-19-16)17(22)21-8-13-14(18(23)24)10-25-15(13)9-21/h2,4,6,10-11H,3,5,7-9H2,1H3,(H,23,24). The predicted molar refractivity (Wildman–Crippen MR) is 89.5 cm³/mol. The fraction of sp³-hybridized carbons (Fsp3) is 0.389. The molecule has 2 aromatic rings. The van der Waals surface area contributed by atoms with Crippen LogP contribution in [-0.2, 0) is 13.1 Å². The Morgan fingerprint density at radius 1 is 1.36 bits per heavy atom. The molecule has 0 spiro atoms. The van der Waals surface area contributed by atoms with Gasteiger partial charge in [0.2, 0.25) is 0 Å². The lowest BCUT2D eigenvalue weighted by atomic mass is 10.2. The highest BCUT2D eigenvalue weighted by Crippen LogP contribution is 2.29. The molecule has 1 N–H and O–H groups in total. The van der Waals surface area contributed by atoms with Gasteiger partial charge < -0.3 is 19.3 Å². The van der Waals surface area contributed by atoms with Crippen molar-refractivity contribution in [3.8, 4) is 0 Å². The van der Waals surface area contributed by atoms with E-state index in [1.54, 1.807) is 17.2 Å². The average molecular weight is 341 g/mol. The lowest BCUT2D eigenvalue weighted by molar-refractivity contribution is 0.0683. The Balaban J connectivity index is 1.53. The van der Waals surface area contributed by atoms with Crippen molar-refractivity contribution in [2.75, 3.05) is 18.0 Å². The summed E-state index contributed by atoms with van der Waals surface area (Å²) in [5, 5.41) is 9.18. The number of anilines is 1. The number of carboxylic acid groups (broad SMARTS) is 1. The summed E-state index contributed by atoms with van der Waals surface area (Å²) in [6, 6.07) is 3.52. The number of carboxylic acids is 1. The zero-order chi connectivity index (χ0) is 17.6. The van der Waals surface area contributed by atoms with Gasteiger partial charge in [-0.3, -0.25) is 4.79 Å². The number of nitrogens with zero attached hydrogens (tertiary/aromatic N) is 3. The maximum Gasteiger partial charge on any atom is 0.339 e. The number of hydrogen-bond acceptors (Lipinski definition) is 5. The Morgan fingerprint density at radius 3 is 2.92 bits per heavy atom. The van der Waals surface area contributed by atoms with E-state index in [0.29, 0.717) is 29.3 Å². The molecule has 1 amide bonds. The molecule has 2 aliphatic heterocycles. The Kier molecular flexibility index (Phi) is 3.71. The van der Waals surface area contributed by atoms with Gasteiger partial charge in [-0.15, -0.1) is 0 Å². The summed E-state index contributed by atoms with van der Waals surface area (Å²) in [5.74, 6) is 0.822. The SMILES string of the molecule is CC1CCN(c2cc(C(=O)N3Cc4occ(C(=O)O)c4C3)ccn2)C1. The molecule has 1 atom stereocenters. The van der Waals surface area contributed by atoms with Crippen molar-refractivity contribution in [1.29, 1.82) is 0 Å². The van der Waals surface area contributed by atoms with Crippen LogP contribution < -0.4 is 4.90 Å². The number of carbonyl (C=O) groups is 2. The van der Waals surface area contributed by atoms with Crippen molar-refractivity contribution in [1.82, 2.24) is 9.88 Å². The Hall–Kier alpha value is -2.83. The van der Waals surface area contributed by atoms with E-state index in [0.717, 1.165) is 25.3 Å². The van der Waals surface area contributed by atoms with E-state index < -0.39 is 5.97 Å². The maximum atomic E-state index is 12.8. The first kappa shape index (κ1) is 15.7. The minimum absolute atomic E-state index is 0.131. The van der Waals surface area contributed by atoms with Crippen molar-refractivity contribution < 1.29 is 19.1 Å². The number of amides is 1. The van der Waals surface area contributed by atoms with E-state index in [9.17, 15) is 14.7 Å². The zero-order valence-corrected chi connectivity index (χ0v) is 13.9. The topological polar surface area (TPSA) is 86.9 Å². The van der Waals surface area contributed by atoms with E-state index in [2.05, 4.69) is 16.8 Å². The number of pyridine rings is 1. The molecule has 0 saturated carbocycles. The van der Waals surface area contributed by atoms with Gasteiger partial charge in [0.15, 0.2) is 0 Å². The molecular formula is C18H19N3O4. The van der Waals surface area contributed by atoms with Crippen LogP contribution in [0.4, 0.5) is 5.82 Å². The summed E-state index contributed by atoms with van der Waals surface area (Å²) in [5.41, 5.74) is 1.28. The molecule has 4 rings (SSSR count). The molecule has 7 heteroatoms. The monoisotopic (exact) mass is 341 g/mol. The summed E-state index contributed by atoms with van der Waals surface area (Å²) < 4.78 is 5.31. The van der Waals surface area contributed by atoms with E-state index in [4.69, 9.17) is 4.42 Å². The second-order valence-corrected chi connectivity index (χ2v) is 6.76. The smallest absolute Gasteiger partial charge is 0.339 e. The van der Waals surface area contributed by atoms with Gasteiger partial charge in [0.05, 0.1) is 13.1 Å². The quantitative estimate of drug-likeness (QED) is 0.922. The molecule has 4 heterocycles. The van der Waals surface area contributed by atoms with Gasteiger partial charge in [-0.05, 0) is 24.5 Å². The van der Waals surface area contributed by atoms with Crippen LogP contribution in [-0.4, -0.2) is 40.0 Å². The fourth-order valence-electron chi connectivity index (χ4n) is 3.52. The number of hydrogen-bond donors (Lipinski definition) is 1. The summed E-state index contributed by atoms with van der Waals surface area (Å²) in [7, 11) is 0. The van der Waals surface area contributed by atoms with Crippen LogP contribution in [0.2, 0.25) is 0 Å². The molecule has 2 aromatic heterocycles. The minimum Gasteiger partial charge on any atom is -0.478 e. The van der Waals surface area contributed by atoms with Crippen molar-refractivity contribution in [2.45, 2.75) is 26.4 Å². The lowest BCUT2D eigenvalue weighted by Crippen LogP contribution is -2.26. The number of carbonyl (C=O) groups excluding carboxylic acids is 1. The van der Waals surface area contributed by atoms with E-state index in [-0.39, 0.29) is 18.0 Å². The third-order valence-electron chi connectivity index (χ3n) is 4.92. The van der Waals surface area contributed by atoms with Gasteiger partial charge >= 0.3 is 5.97 Å². The average Bonchev–Trinajstić information content (AvgIpc) is 3.29. The number of aromatic nitrogens is 1. The van der Waals surface area contributed by atoms with Gasteiger partial charge in [0, 0.05) is 30.4 Å². The van der Waals surface area contributed by atoms with Crippen LogP contribution in [0, 0.1) is 5.92 Å². The highest BCUT2D eigenvalue weighted by Gasteiger charge is 2.31. The van der Waals surface area contributed by atoms with Gasteiger partial charge in [-0.25, -0.2) is 9.78 Å². The van der Waals surface area contributed by atoms with Crippen molar-refractivity contribution >= 4 is 17.7 Å². The Bertz CT molecular complexity index is 845. The van der Waals surface area contributed by atoms with E-state index in [1.807, 2.05) is 6.07 Å². The molecule has 2 aliphatic rings. The number of aromatic carboxylic acids is 1. The molecule has 7 nitrogen and oxygen atoms in total. The third kappa shape index (κ3) is 2.75. The number of fused-ring (bicyclic) bond motifs is 1. The molecule has 1 unspecified atom stereocenters. The van der Waals surface area contributed by atoms with Gasteiger partial charge in [-0.2, -0.15) is 0 Å². The second-order valence-electron chi connectivity index (χ2n) is 6.76. The van der Waals surface area contributed by atoms with Crippen molar-refractivity contribution in [3.63, 3.8) is 0 Å². The fourth-order valence-corrected chi connectivity index (χ4v) is 3.52.